The fraction of sp³-hybridized carbons (Fsp3) is 0.154. The number of hydrogen-bond acceptors (Lipinski definition) is 6. The number of carbonyl (C=O) groups is 1. The maximum atomic E-state index is 12.0. The molecule has 0 aliphatic carbocycles. The van der Waals surface area contributed by atoms with Crippen molar-refractivity contribution in [3.63, 3.8) is 0 Å². The van der Waals surface area contributed by atoms with Crippen LogP contribution < -0.4 is 15.6 Å². The zero-order chi connectivity index (χ0) is 16.1. The molecular formula is C13H12N4O5. The van der Waals surface area contributed by atoms with Crippen LogP contribution in [0.2, 0.25) is 0 Å². The van der Waals surface area contributed by atoms with Crippen LogP contribution in [0.1, 0.15) is 0 Å². The first-order valence-corrected chi connectivity index (χ1v) is 6.14. The number of aromatic nitrogens is 2. The summed E-state index contributed by atoms with van der Waals surface area (Å²) < 4.78 is 6.15. The summed E-state index contributed by atoms with van der Waals surface area (Å²) in [6.07, 6.45) is 2.55. The maximum absolute atomic E-state index is 12.0. The summed E-state index contributed by atoms with van der Waals surface area (Å²) in [4.78, 5) is 37.4. The van der Waals surface area contributed by atoms with Gasteiger partial charge in [-0.05, 0) is 6.07 Å². The lowest BCUT2D eigenvalue weighted by Crippen LogP contribution is -2.27. The lowest BCUT2D eigenvalue weighted by molar-refractivity contribution is -0.384. The van der Waals surface area contributed by atoms with Gasteiger partial charge in [0, 0.05) is 24.4 Å². The van der Waals surface area contributed by atoms with Crippen molar-refractivity contribution in [1.82, 2.24) is 9.55 Å². The van der Waals surface area contributed by atoms with Crippen molar-refractivity contribution in [1.29, 1.82) is 0 Å². The Balaban J connectivity index is 2.20. The van der Waals surface area contributed by atoms with Crippen molar-refractivity contribution in [2.75, 3.05) is 12.4 Å². The maximum Gasteiger partial charge on any atom is 0.271 e. The van der Waals surface area contributed by atoms with Gasteiger partial charge in [0.25, 0.3) is 11.2 Å². The number of non-ortho nitro benzene ring substituents is 1. The Hall–Kier alpha value is -3.23. The van der Waals surface area contributed by atoms with E-state index in [1.54, 1.807) is 0 Å². The SMILES string of the molecule is COc1ccc([N+](=O)[O-])cc1NC(=O)Cn1cnccc1=O. The number of carbonyl (C=O) groups excluding carboxylic acids is 1. The molecule has 1 aromatic carbocycles. The highest BCUT2D eigenvalue weighted by Crippen LogP contribution is 2.28. The quantitative estimate of drug-likeness (QED) is 0.645. The number of nitro benzene ring substituents is 1. The predicted molar refractivity (Wildman–Crippen MR) is 76.8 cm³/mol. The fourth-order valence-corrected chi connectivity index (χ4v) is 1.75. The van der Waals surface area contributed by atoms with Gasteiger partial charge in [0.05, 0.1) is 24.0 Å². The average molecular weight is 304 g/mol. The molecule has 1 heterocycles. The molecule has 0 fully saturated rings. The summed E-state index contributed by atoms with van der Waals surface area (Å²) in [5.74, 6) is -0.258. The van der Waals surface area contributed by atoms with Crippen LogP contribution in [-0.2, 0) is 11.3 Å². The van der Waals surface area contributed by atoms with Gasteiger partial charge in [0.1, 0.15) is 12.3 Å². The summed E-state index contributed by atoms with van der Waals surface area (Å²) in [7, 11) is 1.38. The molecule has 0 saturated carbocycles. The molecule has 0 saturated heterocycles. The highest BCUT2D eigenvalue weighted by Gasteiger charge is 2.14. The Morgan fingerprint density at radius 3 is 2.86 bits per heavy atom. The minimum atomic E-state index is -0.583. The van der Waals surface area contributed by atoms with Crippen molar-refractivity contribution in [2.45, 2.75) is 6.54 Å². The van der Waals surface area contributed by atoms with Crippen LogP contribution in [0.5, 0.6) is 5.75 Å². The number of nitrogens with zero attached hydrogens (tertiary/aromatic N) is 3. The van der Waals surface area contributed by atoms with Gasteiger partial charge in [-0.3, -0.25) is 24.3 Å². The second-order valence-corrected chi connectivity index (χ2v) is 4.24. The summed E-state index contributed by atoms with van der Waals surface area (Å²) in [6.45, 7) is -0.265. The lowest BCUT2D eigenvalue weighted by atomic mass is 10.2. The first kappa shape index (κ1) is 15.2. The summed E-state index contributed by atoms with van der Waals surface area (Å²) in [5, 5.41) is 13.2. The molecule has 0 aliphatic rings. The molecule has 1 N–H and O–H groups in total. The largest absolute Gasteiger partial charge is 0.495 e. The number of hydrogen-bond donors (Lipinski definition) is 1. The van der Waals surface area contributed by atoms with Crippen LogP contribution in [0.3, 0.4) is 0 Å². The minimum Gasteiger partial charge on any atom is -0.495 e. The molecule has 1 amide bonds. The Labute approximate surface area is 124 Å². The van der Waals surface area contributed by atoms with Crippen LogP contribution >= 0.6 is 0 Å². The lowest BCUT2D eigenvalue weighted by Gasteiger charge is -2.10. The van der Waals surface area contributed by atoms with E-state index in [-0.39, 0.29) is 29.2 Å². The number of nitrogens with one attached hydrogen (secondary N) is 1. The highest BCUT2D eigenvalue weighted by molar-refractivity contribution is 5.92. The van der Waals surface area contributed by atoms with Crippen LogP contribution in [0.25, 0.3) is 0 Å². The molecule has 9 heteroatoms. The van der Waals surface area contributed by atoms with Gasteiger partial charge in [0.15, 0.2) is 0 Å². The topological polar surface area (TPSA) is 116 Å². The van der Waals surface area contributed by atoms with E-state index in [2.05, 4.69) is 10.3 Å². The standard InChI is InChI=1S/C13H12N4O5/c1-22-11-3-2-9(17(20)21)6-10(11)15-12(18)7-16-8-14-5-4-13(16)19/h2-6,8H,7H2,1H3,(H,15,18). The number of amides is 1. The van der Waals surface area contributed by atoms with E-state index < -0.39 is 10.8 Å². The number of rotatable bonds is 5. The van der Waals surface area contributed by atoms with E-state index >= 15 is 0 Å². The Morgan fingerprint density at radius 2 is 2.23 bits per heavy atom. The number of ether oxygens (including phenoxy) is 1. The monoisotopic (exact) mass is 304 g/mol. The fourth-order valence-electron chi connectivity index (χ4n) is 1.75. The second-order valence-electron chi connectivity index (χ2n) is 4.24. The molecule has 0 spiro atoms. The van der Waals surface area contributed by atoms with E-state index in [0.29, 0.717) is 0 Å². The molecule has 9 nitrogen and oxygen atoms in total. The third kappa shape index (κ3) is 3.45. The molecular weight excluding hydrogens is 292 g/mol. The third-order valence-corrected chi connectivity index (χ3v) is 2.77. The molecule has 22 heavy (non-hydrogen) atoms. The molecule has 0 aliphatic heterocycles. The van der Waals surface area contributed by atoms with Crippen LogP contribution in [-0.4, -0.2) is 27.5 Å². The van der Waals surface area contributed by atoms with Gasteiger partial charge in [-0.2, -0.15) is 0 Å². The number of methoxy groups -OCH3 is 1. The first-order chi connectivity index (χ1) is 10.5. The highest BCUT2D eigenvalue weighted by atomic mass is 16.6. The minimum absolute atomic E-state index is 0.152. The van der Waals surface area contributed by atoms with Gasteiger partial charge in [-0.1, -0.05) is 0 Å². The van der Waals surface area contributed by atoms with Crippen molar-refractivity contribution in [3.05, 3.63) is 57.3 Å². The van der Waals surface area contributed by atoms with Gasteiger partial charge < -0.3 is 10.1 Å². The Kier molecular flexibility index (Phi) is 4.47. The van der Waals surface area contributed by atoms with Gasteiger partial charge in [-0.25, -0.2) is 4.98 Å². The van der Waals surface area contributed by atoms with E-state index in [1.807, 2.05) is 0 Å². The van der Waals surface area contributed by atoms with Crippen LogP contribution in [0.4, 0.5) is 11.4 Å². The predicted octanol–water partition coefficient (Wildman–Crippen LogP) is 0.799. The molecule has 2 rings (SSSR count). The normalized spacial score (nSPS) is 10.0. The summed E-state index contributed by atoms with van der Waals surface area (Å²) in [6, 6.07) is 5.05. The van der Waals surface area contributed by atoms with Gasteiger partial charge >= 0.3 is 0 Å². The van der Waals surface area contributed by atoms with Crippen LogP contribution in [0, 0.1) is 10.1 Å². The summed E-state index contributed by atoms with van der Waals surface area (Å²) >= 11 is 0. The van der Waals surface area contributed by atoms with Gasteiger partial charge in [-0.15, -0.1) is 0 Å². The third-order valence-electron chi connectivity index (χ3n) is 2.77. The molecule has 2 aromatic rings. The molecule has 1 aromatic heterocycles. The zero-order valence-corrected chi connectivity index (χ0v) is 11.6. The van der Waals surface area contributed by atoms with E-state index in [4.69, 9.17) is 4.74 Å². The molecule has 0 bridgehead atoms. The van der Waals surface area contributed by atoms with Crippen molar-refractivity contribution >= 4 is 17.3 Å². The van der Waals surface area contributed by atoms with E-state index in [9.17, 15) is 19.7 Å². The molecule has 0 atom stereocenters. The Bertz CT molecular complexity index is 771. The first-order valence-electron chi connectivity index (χ1n) is 6.14. The van der Waals surface area contributed by atoms with Gasteiger partial charge in [0.2, 0.25) is 5.91 Å². The van der Waals surface area contributed by atoms with Crippen LogP contribution in [0.15, 0.2) is 41.6 Å². The van der Waals surface area contributed by atoms with E-state index in [0.717, 1.165) is 4.57 Å². The molecule has 0 radical (unpaired) electrons. The smallest absolute Gasteiger partial charge is 0.271 e. The molecule has 0 unspecified atom stereocenters. The van der Waals surface area contributed by atoms with E-state index in [1.165, 1.54) is 43.9 Å². The summed E-state index contributed by atoms with van der Waals surface area (Å²) in [5.41, 5.74) is -0.413. The zero-order valence-electron chi connectivity index (χ0n) is 11.6. The molecule has 114 valence electrons. The average Bonchev–Trinajstić information content (AvgIpc) is 2.49. The number of benzene rings is 1. The Morgan fingerprint density at radius 1 is 1.45 bits per heavy atom. The van der Waals surface area contributed by atoms with Crippen molar-refractivity contribution in [2.24, 2.45) is 0 Å². The van der Waals surface area contributed by atoms with Crippen molar-refractivity contribution in [3.8, 4) is 5.75 Å². The number of anilines is 1. The number of nitro groups is 1. The van der Waals surface area contributed by atoms with Crippen molar-refractivity contribution < 1.29 is 14.5 Å². The second kappa shape index (κ2) is 6.48.